The van der Waals surface area contributed by atoms with Gasteiger partial charge in [0, 0.05) is 0 Å². The van der Waals surface area contributed by atoms with Crippen molar-refractivity contribution in [1.29, 1.82) is 0 Å². The molecule has 0 radical (unpaired) electrons. The van der Waals surface area contributed by atoms with E-state index in [0.717, 1.165) is 12.4 Å². The molecule has 0 bridgehead atoms. The molecule has 1 aromatic carbocycles. The first kappa shape index (κ1) is 25.8. The molecule has 1 heterocycles. The van der Waals surface area contributed by atoms with Gasteiger partial charge < -0.3 is 0 Å². The summed E-state index contributed by atoms with van der Waals surface area (Å²) in [4.78, 5) is 8.87. The van der Waals surface area contributed by atoms with E-state index < -0.39 is 18.4 Å². The SMILES string of the molecule is CCCCCCCCCCCCOc1cc(-c2cc[c]([Sn]([CH3])([CH3])[CH3])s2)cc(C)c1C. The fourth-order valence-electron chi connectivity index (χ4n) is 3.79. The van der Waals surface area contributed by atoms with E-state index in [-0.39, 0.29) is 0 Å². The van der Waals surface area contributed by atoms with Gasteiger partial charge in [-0.1, -0.05) is 45.4 Å². The van der Waals surface area contributed by atoms with Crippen LogP contribution in [0.15, 0.2) is 24.3 Å². The van der Waals surface area contributed by atoms with E-state index in [1.54, 1.807) is 2.89 Å². The van der Waals surface area contributed by atoms with E-state index in [4.69, 9.17) is 4.74 Å². The fraction of sp³-hybridized carbons (Fsp3) is 0.630. The summed E-state index contributed by atoms with van der Waals surface area (Å²) >= 11 is 0.0116. The Labute approximate surface area is 194 Å². The van der Waals surface area contributed by atoms with Crippen LogP contribution in [0, 0.1) is 13.8 Å². The number of ether oxygens (including phenoxy) is 1. The summed E-state index contributed by atoms with van der Waals surface area (Å²) in [6.07, 6.45) is 13.6. The topological polar surface area (TPSA) is 9.23 Å². The number of thiophene rings is 1. The molecule has 2 aromatic rings. The molecule has 0 saturated carbocycles. The molecule has 0 aliphatic carbocycles. The van der Waals surface area contributed by atoms with Crippen LogP contribution in [0.5, 0.6) is 5.75 Å². The van der Waals surface area contributed by atoms with Gasteiger partial charge in [-0.2, -0.15) is 0 Å². The Morgan fingerprint density at radius 2 is 1.40 bits per heavy atom. The first-order valence-corrected chi connectivity index (χ1v) is 23.0. The van der Waals surface area contributed by atoms with Gasteiger partial charge >= 0.3 is 150 Å². The number of unbranched alkanes of at least 4 members (excludes halogenated alkanes) is 9. The number of hydrogen-bond acceptors (Lipinski definition) is 2. The number of hydrogen-bond donors (Lipinski definition) is 0. The number of aryl methyl sites for hydroxylation is 1. The third kappa shape index (κ3) is 8.57. The second-order valence-electron chi connectivity index (χ2n) is 9.86. The van der Waals surface area contributed by atoms with Crippen molar-refractivity contribution in [2.24, 2.45) is 0 Å². The molecular formula is C27H44OSSn. The summed E-state index contributed by atoms with van der Waals surface area (Å²) in [5, 5.41) is 0. The molecule has 30 heavy (non-hydrogen) atoms. The predicted molar refractivity (Wildman–Crippen MR) is 140 cm³/mol. The first-order valence-electron chi connectivity index (χ1n) is 12.2. The van der Waals surface area contributed by atoms with Crippen LogP contribution in [-0.4, -0.2) is 25.0 Å². The van der Waals surface area contributed by atoms with Crippen molar-refractivity contribution >= 4 is 32.6 Å². The molecule has 0 spiro atoms. The van der Waals surface area contributed by atoms with Gasteiger partial charge in [-0.15, -0.1) is 0 Å². The molecule has 168 valence electrons. The third-order valence-electron chi connectivity index (χ3n) is 6.00. The van der Waals surface area contributed by atoms with Crippen molar-refractivity contribution in [3.05, 3.63) is 35.4 Å². The normalized spacial score (nSPS) is 11.8. The van der Waals surface area contributed by atoms with Crippen LogP contribution in [0.25, 0.3) is 10.4 Å². The molecule has 0 amide bonds. The van der Waals surface area contributed by atoms with Crippen molar-refractivity contribution in [2.75, 3.05) is 6.61 Å². The van der Waals surface area contributed by atoms with Gasteiger partial charge in [-0.3, -0.25) is 0 Å². The molecule has 0 aliphatic rings. The van der Waals surface area contributed by atoms with Crippen LogP contribution in [0.1, 0.15) is 82.3 Å². The first-order chi connectivity index (χ1) is 14.3. The molecule has 2 rings (SSSR count). The van der Waals surface area contributed by atoms with Crippen LogP contribution in [-0.2, 0) is 0 Å². The Hall–Kier alpha value is -0.481. The molecule has 0 saturated heterocycles. The fourth-order valence-corrected chi connectivity index (χ4v) is 10.1. The van der Waals surface area contributed by atoms with Crippen LogP contribution < -0.4 is 7.63 Å². The average Bonchev–Trinajstić information content (AvgIpc) is 3.20. The summed E-state index contributed by atoms with van der Waals surface area (Å²) in [5.41, 5.74) is 3.94. The Kier molecular flexibility index (Phi) is 11.3. The van der Waals surface area contributed by atoms with E-state index >= 15 is 0 Å². The van der Waals surface area contributed by atoms with Crippen molar-refractivity contribution in [2.45, 2.75) is 99.8 Å². The van der Waals surface area contributed by atoms with Crippen molar-refractivity contribution in [3.8, 4) is 16.2 Å². The summed E-state index contributed by atoms with van der Waals surface area (Å²) in [5.74, 6) is 1.08. The predicted octanol–water partition coefficient (Wildman–Crippen LogP) is 8.88. The van der Waals surface area contributed by atoms with Gasteiger partial charge in [-0.05, 0) is 0 Å². The molecule has 0 N–H and O–H groups in total. The quantitative estimate of drug-likeness (QED) is 0.173. The second-order valence-corrected chi connectivity index (χ2v) is 26.4. The van der Waals surface area contributed by atoms with Gasteiger partial charge in [0.1, 0.15) is 0 Å². The number of benzene rings is 1. The zero-order chi connectivity index (χ0) is 22.0. The minimum atomic E-state index is -1.99. The summed E-state index contributed by atoms with van der Waals surface area (Å²) in [6, 6.07) is 9.29. The van der Waals surface area contributed by atoms with E-state index in [9.17, 15) is 0 Å². The van der Waals surface area contributed by atoms with Crippen LogP contribution in [0.4, 0.5) is 0 Å². The van der Waals surface area contributed by atoms with Gasteiger partial charge in [0.2, 0.25) is 0 Å². The molecule has 0 aliphatic heterocycles. The second kappa shape index (κ2) is 13.2. The maximum absolute atomic E-state index is 6.24. The van der Waals surface area contributed by atoms with Gasteiger partial charge in [0.05, 0.1) is 0 Å². The Bertz CT molecular complexity index is 757. The third-order valence-corrected chi connectivity index (χ3v) is 16.6. The van der Waals surface area contributed by atoms with E-state index in [2.05, 4.69) is 59.9 Å². The molecular weight excluding hydrogens is 491 g/mol. The van der Waals surface area contributed by atoms with Crippen LogP contribution >= 0.6 is 11.3 Å². The van der Waals surface area contributed by atoms with Crippen molar-refractivity contribution in [3.63, 3.8) is 0 Å². The van der Waals surface area contributed by atoms with Crippen LogP contribution in [0.3, 0.4) is 0 Å². The van der Waals surface area contributed by atoms with E-state index in [0.29, 0.717) is 0 Å². The number of rotatable bonds is 14. The minimum absolute atomic E-state index is 0.842. The molecule has 0 fully saturated rings. The monoisotopic (exact) mass is 536 g/mol. The molecule has 3 heteroatoms. The zero-order valence-corrected chi connectivity index (χ0v) is 24.1. The van der Waals surface area contributed by atoms with Crippen molar-refractivity contribution < 1.29 is 4.74 Å². The van der Waals surface area contributed by atoms with Gasteiger partial charge in [0.15, 0.2) is 0 Å². The molecule has 0 atom stereocenters. The van der Waals surface area contributed by atoms with E-state index in [1.807, 2.05) is 11.3 Å². The standard InChI is InChI=1S/C24H35OS.3CH3.Sn/c1-4-5-6-7-8-9-10-11-12-13-16-25-23-19-22(18-20(2)21(23)3)24-15-14-17-26-24;;;;/h14-15,18-19H,4-13,16H2,1-3H3;3*1H3;. The summed E-state index contributed by atoms with van der Waals surface area (Å²) in [7, 11) is 0. The summed E-state index contributed by atoms with van der Waals surface area (Å²) in [6.45, 7) is 7.53. The molecule has 1 nitrogen and oxygen atoms in total. The zero-order valence-electron chi connectivity index (χ0n) is 20.4. The van der Waals surface area contributed by atoms with Crippen molar-refractivity contribution in [1.82, 2.24) is 0 Å². The van der Waals surface area contributed by atoms with Gasteiger partial charge in [0.25, 0.3) is 0 Å². The van der Waals surface area contributed by atoms with Crippen LogP contribution in [0.2, 0.25) is 14.8 Å². The maximum atomic E-state index is 6.24. The average molecular weight is 535 g/mol. The Balaban J connectivity index is 1.79. The summed E-state index contributed by atoms with van der Waals surface area (Å²) < 4.78 is 7.89. The van der Waals surface area contributed by atoms with E-state index in [1.165, 1.54) is 85.8 Å². The molecule has 0 unspecified atom stereocenters. The van der Waals surface area contributed by atoms with Gasteiger partial charge in [-0.25, -0.2) is 0 Å². The molecule has 1 aromatic heterocycles. The Morgan fingerprint density at radius 3 is 1.97 bits per heavy atom. The Morgan fingerprint density at radius 1 is 0.800 bits per heavy atom.